The average Bonchev–Trinajstić information content (AvgIpc) is 2.84. The first kappa shape index (κ1) is 19.9. The van der Waals surface area contributed by atoms with Crippen molar-refractivity contribution in [3.8, 4) is 0 Å². The molecule has 0 aromatic heterocycles. The number of hydrogen-bond acceptors (Lipinski definition) is 7. The van der Waals surface area contributed by atoms with Gasteiger partial charge in [0, 0.05) is 18.9 Å². The molecule has 134 valence electrons. The Balaban J connectivity index is 2.60. The minimum atomic E-state index is -0.850. The SMILES string of the molecule is COC(=O)CCCCCCC1=C(C(=O)OC)C(OC(C)=O)CC1=O. The number of ether oxygens (including phenoxy) is 3. The quantitative estimate of drug-likeness (QED) is 0.359. The number of ketones is 1. The molecule has 1 aliphatic carbocycles. The molecule has 0 heterocycles. The molecule has 0 aromatic carbocycles. The van der Waals surface area contributed by atoms with E-state index in [1.165, 1.54) is 21.1 Å². The van der Waals surface area contributed by atoms with Gasteiger partial charge in [0.05, 0.1) is 26.2 Å². The molecular weight excluding hydrogens is 316 g/mol. The first-order valence-corrected chi connectivity index (χ1v) is 7.99. The van der Waals surface area contributed by atoms with Crippen LogP contribution in [-0.4, -0.2) is 44.0 Å². The summed E-state index contributed by atoms with van der Waals surface area (Å²) < 4.78 is 14.3. The Kier molecular flexibility index (Phi) is 8.15. The van der Waals surface area contributed by atoms with E-state index in [-0.39, 0.29) is 23.7 Å². The molecule has 0 N–H and O–H groups in total. The minimum absolute atomic E-state index is 0.0122. The number of Topliss-reactive ketones (excluding diaryl/α,β-unsaturated/α-hetero) is 1. The second kappa shape index (κ2) is 9.85. The van der Waals surface area contributed by atoms with E-state index >= 15 is 0 Å². The van der Waals surface area contributed by atoms with Gasteiger partial charge in [0.1, 0.15) is 6.10 Å². The van der Waals surface area contributed by atoms with Crippen molar-refractivity contribution in [1.82, 2.24) is 0 Å². The van der Waals surface area contributed by atoms with Crippen LogP contribution in [0.15, 0.2) is 11.1 Å². The number of esters is 3. The van der Waals surface area contributed by atoms with Gasteiger partial charge in [0.15, 0.2) is 5.78 Å². The molecule has 1 atom stereocenters. The van der Waals surface area contributed by atoms with E-state index in [1.807, 2.05) is 0 Å². The smallest absolute Gasteiger partial charge is 0.337 e. The predicted molar refractivity (Wildman–Crippen MR) is 83.9 cm³/mol. The molecule has 7 nitrogen and oxygen atoms in total. The second-order valence-electron chi connectivity index (χ2n) is 5.60. The lowest BCUT2D eigenvalue weighted by molar-refractivity contribution is -0.147. The van der Waals surface area contributed by atoms with Crippen LogP contribution >= 0.6 is 0 Å². The van der Waals surface area contributed by atoms with Crippen molar-refractivity contribution in [1.29, 1.82) is 0 Å². The molecule has 0 bridgehead atoms. The molecule has 1 rings (SSSR count). The maximum atomic E-state index is 12.1. The van der Waals surface area contributed by atoms with Gasteiger partial charge < -0.3 is 14.2 Å². The molecule has 0 fully saturated rings. The highest BCUT2D eigenvalue weighted by Gasteiger charge is 2.38. The van der Waals surface area contributed by atoms with Gasteiger partial charge in [-0.05, 0) is 19.3 Å². The minimum Gasteiger partial charge on any atom is -0.469 e. The Bertz CT molecular complexity index is 533. The molecule has 0 aromatic rings. The summed E-state index contributed by atoms with van der Waals surface area (Å²) in [5, 5.41) is 0. The zero-order valence-corrected chi connectivity index (χ0v) is 14.4. The van der Waals surface area contributed by atoms with E-state index in [2.05, 4.69) is 4.74 Å². The summed E-state index contributed by atoms with van der Waals surface area (Å²) in [4.78, 5) is 46.2. The van der Waals surface area contributed by atoms with Crippen molar-refractivity contribution in [3.05, 3.63) is 11.1 Å². The lowest BCUT2D eigenvalue weighted by Crippen LogP contribution is -2.22. The van der Waals surface area contributed by atoms with Crippen LogP contribution in [0.25, 0.3) is 0 Å². The number of carbonyl (C=O) groups is 4. The summed E-state index contributed by atoms with van der Waals surface area (Å²) in [5.41, 5.74) is 0.549. The van der Waals surface area contributed by atoms with Gasteiger partial charge in [-0.1, -0.05) is 12.8 Å². The lowest BCUT2D eigenvalue weighted by Gasteiger charge is -2.13. The van der Waals surface area contributed by atoms with Crippen molar-refractivity contribution in [2.45, 2.75) is 58.0 Å². The van der Waals surface area contributed by atoms with Crippen LogP contribution in [0.5, 0.6) is 0 Å². The summed E-state index contributed by atoms with van der Waals surface area (Å²) in [6, 6.07) is 0. The van der Waals surface area contributed by atoms with E-state index in [0.29, 0.717) is 24.8 Å². The Morgan fingerprint density at radius 1 is 1.04 bits per heavy atom. The molecule has 0 aliphatic heterocycles. The summed E-state index contributed by atoms with van der Waals surface area (Å²) in [5.74, 6) is -1.59. The molecular formula is C17H24O7. The molecule has 0 spiro atoms. The van der Waals surface area contributed by atoms with Gasteiger partial charge >= 0.3 is 17.9 Å². The van der Waals surface area contributed by atoms with Crippen LogP contribution in [0.3, 0.4) is 0 Å². The standard InChI is InChI=1S/C17H24O7/c1-11(18)24-14-10-13(19)12(16(14)17(21)23-3)8-6-4-5-7-9-15(20)22-2/h14H,4-10H2,1-3H3. The van der Waals surface area contributed by atoms with Crippen LogP contribution in [0.2, 0.25) is 0 Å². The number of methoxy groups -OCH3 is 2. The first-order valence-electron chi connectivity index (χ1n) is 7.99. The van der Waals surface area contributed by atoms with Crippen molar-refractivity contribution in [3.63, 3.8) is 0 Å². The second-order valence-corrected chi connectivity index (χ2v) is 5.60. The molecule has 0 saturated heterocycles. The Morgan fingerprint density at radius 2 is 1.71 bits per heavy atom. The fourth-order valence-electron chi connectivity index (χ4n) is 2.70. The van der Waals surface area contributed by atoms with Crippen LogP contribution in [-0.2, 0) is 33.4 Å². The number of carbonyl (C=O) groups excluding carboxylic acids is 4. The van der Waals surface area contributed by atoms with Crippen LogP contribution in [0.4, 0.5) is 0 Å². The van der Waals surface area contributed by atoms with Crippen LogP contribution < -0.4 is 0 Å². The average molecular weight is 340 g/mol. The van der Waals surface area contributed by atoms with Gasteiger partial charge in [-0.3, -0.25) is 14.4 Å². The highest BCUT2D eigenvalue weighted by Crippen LogP contribution is 2.31. The molecule has 7 heteroatoms. The summed E-state index contributed by atoms with van der Waals surface area (Å²) in [6.45, 7) is 1.23. The Labute approximate surface area is 141 Å². The molecule has 0 amide bonds. The molecule has 1 aliphatic rings. The van der Waals surface area contributed by atoms with Crippen LogP contribution in [0, 0.1) is 0 Å². The monoisotopic (exact) mass is 340 g/mol. The van der Waals surface area contributed by atoms with Gasteiger partial charge in [-0.15, -0.1) is 0 Å². The van der Waals surface area contributed by atoms with Crippen molar-refractivity contribution >= 4 is 23.7 Å². The van der Waals surface area contributed by atoms with Crippen molar-refractivity contribution in [2.75, 3.05) is 14.2 Å². The van der Waals surface area contributed by atoms with Gasteiger partial charge in [-0.2, -0.15) is 0 Å². The van der Waals surface area contributed by atoms with Crippen molar-refractivity contribution in [2.24, 2.45) is 0 Å². The maximum Gasteiger partial charge on any atom is 0.337 e. The Hall–Kier alpha value is -2.18. The summed E-state index contributed by atoms with van der Waals surface area (Å²) in [6.07, 6.45) is 3.02. The molecule has 24 heavy (non-hydrogen) atoms. The fraction of sp³-hybridized carbons (Fsp3) is 0.647. The Morgan fingerprint density at radius 3 is 2.29 bits per heavy atom. The fourth-order valence-corrected chi connectivity index (χ4v) is 2.70. The summed E-state index contributed by atoms with van der Waals surface area (Å²) >= 11 is 0. The van der Waals surface area contributed by atoms with Crippen LogP contribution in [0.1, 0.15) is 51.9 Å². The molecule has 1 unspecified atom stereocenters. The maximum absolute atomic E-state index is 12.1. The van der Waals surface area contributed by atoms with E-state index in [9.17, 15) is 19.2 Å². The van der Waals surface area contributed by atoms with E-state index in [1.54, 1.807) is 0 Å². The third-order valence-corrected chi connectivity index (χ3v) is 3.85. The zero-order valence-electron chi connectivity index (χ0n) is 14.4. The highest BCUT2D eigenvalue weighted by atomic mass is 16.6. The number of allylic oxidation sites excluding steroid dienone is 1. The van der Waals surface area contributed by atoms with Gasteiger partial charge in [0.25, 0.3) is 0 Å². The molecule has 0 saturated carbocycles. The number of rotatable bonds is 9. The van der Waals surface area contributed by atoms with Gasteiger partial charge in [-0.25, -0.2) is 4.79 Å². The summed E-state index contributed by atoms with van der Waals surface area (Å²) in [7, 11) is 2.59. The topological polar surface area (TPSA) is 96.0 Å². The van der Waals surface area contributed by atoms with Gasteiger partial charge in [0.2, 0.25) is 0 Å². The largest absolute Gasteiger partial charge is 0.469 e. The zero-order chi connectivity index (χ0) is 18.1. The lowest BCUT2D eigenvalue weighted by atomic mass is 10.0. The van der Waals surface area contributed by atoms with E-state index in [0.717, 1.165) is 19.3 Å². The third-order valence-electron chi connectivity index (χ3n) is 3.85. The predicted octanol–water partition coefficient (Wildman–Crippen LogP) is 1.87. The number of hydrogen-bond donors (Lipinski definition) is 0. The number of unbranched alkanes of at least 4 members (excludes halogenated alkanes) is 3. The van der Waals surface area contributed by atoms with Crippen molar-refractivity contribution < 1.29 is 33.4 Å². The van der Waals surface area contributed by atoms with E-state index < -0.39 is 18.0 Å². The third kappa shape index (κ3) is 5.79. The highest BCUT2D eigenvalue weighted by molar-refractivity contribution is 6.09. The normalized spacial score (nSPS) is 17.0. The molecule has 0 radical (unpaired) electrons. The van der Waals surface area contributed by atoms with E-state index in [4.69, 9.17) is 9.47 Å². The first-order chi connectivity index (χ1) is 11.4.